The van der Waals surface area contributed by atoms with Crippen LogP contribution in [0.25, 0.3) is 0 Å². The van der Waals surface area contributed by atoms with Crippen LogP contribution in [0.15, 0.2) is 42.6 Å². The average molecular weight is 329 g/mol. The van der Waals surface area contributed by atoms with Gasteiger partial charge in [-0.2, -0.15) is 0 Å². The van der Waals surface area contributed by atoms with Gasteiger partial charge in [0, 0.05) is 25.0 Å². The second kappa shape index (κ2) is 7.88. The second-order valence-corrected chi connectivity index (χ2v) is 5.71. The van der Waals surface area contributed by atoms with Crippen LogP contribution in [0.1, 0.15) is 29.6 Å². The average Bonchev–Trinajstić information content (AvgIpc) is 3.09. The van der Waals surface area contributed by atoms with E-state index in [9.17, 15) is 9.18 Å². The predicted molar refractivity (Wildman–Crippen MR) is 89.8 cm³/mol. The highest BCUT2D eigenvalue weighted by atomic mass is 19.1. The Kier molecular flexibility index (Phi) is 5.38. The maximum atomic E-state index is 13.3. The Morgan fingerprint density at radius 1 is 1.33 bits per heavy atom. The Labute approximate surface area is 140 Å². The molecule has 126 valence electrons. The fraction of sp³-hybridized carbons (Fsp3) is 0.333. The Bertz CT molecular complexity index is 702. The van der Waals surface area contributed by atoms with Gasteiger partial charge in [0.1, 0.15) is 11.6 Å². The van der Waals surface area contributed by atoms with Crippen molar-refractivity contribution >= 4 is 17.4 Å². The molecule has 2 heterocycles. The highest BCUT2D eigenvalue weighted by molar-refractivity contribution is 5.99. The quantitative estimate of drug-likeness (QED) is 0.854. The number of nitrogens with one attached hydrogen (secondary N) is 2. The first-order valence-electron chi connectivity index (χ1n) is 8.10. The number of pyridine rings is 1. The van der Waals surface area contributed by atoms with Crippen LogP contribution in [-0.4, -0.2) is 30.1 Å². The van der Waals surface area contributed by atoms with Gasteiger partial charge in [-0.25, -0.2) is 9.37 Å². The van der Waals surface area contributed by atoms with Gasteiger partial charge >= 0.3 is 0 Å². The van der Waals surface area contributed by atoms with E-state index in [1.165, 1.54) is 12.1 Å². The zero-order chi connectivity index (χ0) is 16.8. The molecule has 24 heavy (non-hydrogen) atoms. The van der Waals surface area contributed by atoms with Crippen molar-refractivity contribution in [1.29, 1.82) is 0 Å². The van der Waals surface area contributed by atoms with E-state index in [-0.39, 0.29) is 17.8 Å². The Morgan fingerprint density at radius 2 is 2.25 bits per heavy atom. The van der Waals surface area contributed by atoms with Crippen molar-refractivity contribution in [2.24, 2.45) is 0 Å². The van der Waals surface area contributed by atoms with Crippen LogP contribution in [0.5, 0.6) is 0 Å². The van der Waals surface area contributed by atoms with Gasteiger partial charge < -0.3 is 15.4 Å². The zero-order valence-corrected chi connectivity index (χ0v) is 13.3. The van der Waals surface area contributed by atoms with Crippen molar-refractivity contribution in [3.8, 4) is 0 Å². The molecule has 0 bridgehead atoms. The molecule has 1 aliphatic rings. The van der Waals surface area contributed by atoms with E-state index in [0.717, 1.165) is 25.9 Å². The summed E-state index contributed by atoms with van der Waals surface area (Å²) in [6, 6.07) is 9.43. The van der Waals surface area contributed by atoms with Gasteiger partial charge in [-0.3, -0.25) is 4.79 Å². The van der Waals surface area contributed by atoms with E-state index in [1.807, 2.05) is 0 Å². The number of amides is 1. The Morgan fingerprint density at radius 3 is 3.04 bits per heavy atom. The number of hydrogen-bond donors (Lipinski definition) is 2. The van der Waals surface area contributed by atoms with Crippen LogP contribution >= 0.6 is 0 Å². The molecule has 2 N–H and O–H groups in total. The largest absolute Gasteiger partial charge is 0.378 e. The first kappa shape index (κ1) is 16.4. The summed E-state index contributed by atoms with van der Waals surface area (Å²) in [7, 11) is 0. The number of rotatable bonds is 6. The highest BCUT2D eigenvalue weighted by Gasteiger charge is 2.17. The lowest BCUT2D eigenvalue weighted by Crippen LogP contribution is -2.27. The van der Waals surface area contributed by atoms with E-state index >= 15 is 0 Å². The maximum absolute atomic E-state index is 13.3. The first-order chi connectivity index (χ1) is 11.7. The van der Waals surface area contributed by atoms with Crippen LogP contribution < -0.4 is 10.6 Å². The third kappa shape index (κ3) is 4.29. The van der Waals surface area contributed by atoms with Crippen LogP contribution in [0, 0.1) is 5.82 Å². The minimum Gasteiger partial charge on any atom is -0.378 e. The predicted octanol–water partition coefficient (Wildman–Crippen LogP) is 3.26. The first-order valence-corrected chi connectivity index (χ1v) is 8.10. The fourth-order valence-corrected chi connectivity index (χ4v) is 2.71. The third-order valence-corrected chi connectivity index (χ3v) is 3.92. The molecule has 0 saturated carbocycles. The van der Waals surface area contributed by atoms with Gasteiger partial charge in [-0.15, -0.1) is 0 Å². The zero-order valence-electron chi connectivity index (χ0n) is 13.3. The molecule has 1 aliphatic heterocycles. The van der Waals surface area contributed by atoms with Crippen molar-refractivity contribution < 1.29 is 13.9 Å². The summed E-state index contributed by atoms with van der Waals surface area (Å²) in [5, 5.41) is 5.88. The number of carbonyl (C=O) groups is 1. The van der Waals surface area contributed by atoms with E-state index in [1.54, 1.807) is 30.5 Å². The molecule has 1 fully saturated rings. The maximum Gasteiger partial charge on any atom is 0.255 e. The number of halogens is 1. The summed E-state index contributed by atoms with van der Waals surface area (Å²) in [6.07, 6.45) is 4.77. The molecule has 0 radical (unpaired) electrons. The second-order valence-electron chi connectivity index (χ2n) is 5.71. The summed E-state index contributed by atoms with van der Waals surface area (Å²) in [4.78, 5) is 16.6. The van der Waals surface area contributed by atoms with Gasteiger partial charge in [0.15, 0.2) is 0 Å². The molecule has 2 aromatic rings. The number of nitrogens with zero attached hydrogens (tertiary/aromatic N) is 1. The number of hydrogen-bond acceptors (Lipinski definition) is 4. The monoisotopic (exact) mass is 329 g/mol. The molecule has 1 atom stereocenters. The number of ether oxygens (including phenoxy) is 1. The molecule has 1 amide bonds. The van der Waals surface area contributed by atoms with Crippen LogP contribution in [0.4, 0.5) is 15.9 Å². The molecule has 1 aromatic carbocycles. The Balaban J connectivity index is 1.63. The number of aromatic nitrogens is 1. The summed E-state index contributed by atoms with van der Waals surface area (Å²) in [5.41, 5.74) is 0.969. The summed E-state index contributed by atoms with van der Waals surface area (Å²) in [6.45, 7) is 1.36. The fourth-order valence-electron chi connectivity index (χ4n) is 2.71. The van der Waals surface area contributed by atoms with Crippen molar-refractivity contribution in [2.75, 3.05) is 18.5 Å². The number of benzene rings is 1. The smallest absolute Gasteiger partial charge is 0.255 e. The lowest BCUT2D eigenvalue weighted by molar-refractivity contribution is 0.0907. The number of anilines is 2. The highest BCUT2D eigenvalue weighted by Crippen LogP contribution is 2.19. The third-order valence-electron chi connectivity index (χ3n) is 3.92. The molecule has 6 heteroatoms. The van der Waals surface area contributed by atoms with Gasteiger partial charge in [0.05, 0.1) is 11.7 Å². The van der Waals surface area contributed by atoms with Crippen molar-refractivity contribution in [3.63, 3.8) is 0 Å². The normalized spacial score (nSPS) is 16.8. The minimum atomic E-state index is -0.349. The lowest BCUT2D eigenvalue weighted by Gasteiger charge is -2.13. The van der Waals surface area contributed by atoms with Crippen molar-refractivity contribution in [1.82, 2.24) is 10.3 Å². The molecular weight excluding hydrogens is 309 g/mol. The topological polar surface area (TPSA) is 63.2 Å². The van der Waals surface area contributed by atoms with E-state index < -0.39 is 0 Å². The lowest BCUT2D eigenvalue weighted by atomic mass is 10.2. The van der Waals surface area contributed by atoms with Gasteiger partial charge in [-0.1, -0.05) is 6.07 Å². The molecule has 5 nitrogen and oxygen atoms in total. The molecule has 1 aromatic heterocycles. The van der Waals surface area contributed by atoms with Gasteiger partial charge in [0.2, 0.25) is 0 Å². The summed E-state index contributed by atoms with van der Waals surface area (Å²) in [5.74, 6) is -0.156. The summed E-state index contributed by atoms with van der Waals surface area (Å²) < 4.78 is 18.8. The van der Waals surface area contributed by atoms with Crippen molar-refractivity contribution in [2.45, 2.75) is 25.4 Å². The molecule has 3 rings (SSSR count). The minimum absolute atomic E-state index is 0.208. The molecule has 0 aliphatic carbocycles. The van der Waals surface area contributed by atoms with E-state index in [0.29, 0.717) is 23.6 Å². The van der Waals surface area contributed by atoms with Gasteiger partial charge in [0.25, 0.3) is 5.91 Å². The Hall–Kier alpha value is -2.47. The number of carbonyl (C=O) groups excluding carboxylic acids is 1. The van der Waals surface area contributed by atoms with Crippen LogP contribution in [0.2, 0.25) is 0 Å². The standard InChI is InChI=1S/C18H20FN3O2/c19-13-4-1-5-14(12-13)22-17-16(7-2-9-20-17)18(23)21-10-8-15-6-3-11-24-15/h1-2,4-5,7,9,12,15H,3,6,8,10-11H2,(H,20,22)(H,21,23)/t15-/m0/s1. The molecule has 1 saturated heterocycles. The summed E-state index contributed by atoms with van der Waals surface area (Å²) >= 11 is 0. The van der Waals surface area contributed by atoms with Gasteiger partial charge in [-0.05, 0) is 49.6 Å². The van der Waals surface area contributed by atoms with E-state index in [2.05, 4.69) is 15.6 Å². The van der Waals surface area contributed by atoms with Crippen LogP contribution in [-0.2, 0) is 4.74 Å². The molecule has 0 spiro atoms. The van der Waals surface area contributed by atoms with Crippen molar-refractivity contribution in [3.05, 3.63) is 54.0 Å². The van der Waals surface area contributed by atoms with Crippen LogP contribution in [0.3, 0.4) is 0 Å². The van der Waals surface area contributed by atoms with E-state index in [4.69, 9.17) is 4.74 Å². The SMILES string of the molecule is O=C(NCC[C@@H]1CCCO1)c1cccnc1Nc1cccc(F)c1. The molecular formula is C18H20FN3O2. The molecule has 0 unspecified atom stereocenters.